The largest absolute Gasteiger partial charge is 0.248 e. The van der Waals surface area contributed by atoms with Crippen molar-refractivity contribution < 1.29 is 8.78 Å². The Morgan fingerprint density at radius 1 is 1.27 bits per heavy atom. The summed E-state index contributed by atoms with van der Waals surface area (Å²) in [7, 11) is 0. The predicted octanol–water partition coefficient (Wildman–Crippen LogP) is 2.98. The third-order valence-corrected chi connectivity index (χ3v) is 1.57. The Balaban J connectivity index is 2.81. The highest BCUT2D eigenvalue weighted by Gasteiger charge is 2.07. The third kappa shape index (κ3) is 2.00. The Bertz CT molecular complexity index is 216. The van der Waals surface area contributed by atoms with Gasteiger partial charge in [0, 0.05) is 0 Å². The molecule has 0 amide bonds. The van der Waals surface area contributed by atoms with E-state index < -0.39 is 12.8 Å². The molecule has 1 atom stereocenters. The lowest BCUT2D eigenvalue weighted by Crippen LogP contribution is -1.92. The van der Waals surface area contributed by atoms with Gasteiger partial charge < -0.3 is 0 Å². The number of rotatable bonds is 2. The third-order valence-electron chi connectivity index (χ3n) is 1.57. The number of benzene rings is 1. The van der Waals surface area contributed by atoms with Gasteiger partial charge >= 0.3 is 0 Å². The van der Waals surface area contributed by atoms with Gasteiger partial charge in [0.25, 0.3) is 0 Å². The molecule has 0 spiro atoms. The van der Waals surface area contributed by atoms with Crippen LogP contribution < -0.4 is 0 Å². The van der Waals surface area contributed by atoms with Gasteiger partial charge in [-0.25, -0.2) is 8.78 Å². The molecule has 0 aliphatic heterocycles. The number of hydrogen-bond donors (Lipinski definition) is 0. The first kappa shape index (κ1) is 8.18. The SMILES string of the molecule is Cc1ccc(C(F)CF)cc1. The summed E-state index contributed by atoms with van der Waals surface area (Å²) in [5, 5.41) is 0. The smallest absolute Gasteiger partial charge is 0.153 e. The number of hydrogen-bond acceptors (Lipinski definition) is 0. The van der Waals surface area contributed by atoms with Crippen LogP contribution in [0.2, 0.25) is 0 Å². The van der Waals surface area contributed by atoms with Gasteiger partial charge in [-0.1, -0.05) is 29.8 Å². The van der Waals surface area contributed by atoms with E-state index in [4.69, 9.17) is 0 Å². The van der Waals surface area contributed by atoms with Crippen LogP contribution >= 0.6 is 0 Å². The molecule has 0 saturated heterocycles. The summed E-state index contributed by atoms with van der Waals surface area (Å²) in [6.07, 6.45) is -1.46. The highest BCUT2D eigenvalue weighted by atomic mass is 19.2. The van der Waals surface area contributed by atoms with Gasteiger partial charge in [0.05, 0.1) is 0 Å². The first-order valence-corrected chi connectivity index (χ1v) is 3.50. The molecule has 1 rings (SSSR count). The van der Waals surface area contributed by atoms with Crippen LogP contribution in [0.3, 0.4) is 0 Å². The van der Waals surface area contributed by atoms with Crippen molar-refractivity contribution in [1.29, 1.82) is 0 Å². The molecule has 60 valence electrons. The average molecular weight is 156 g/mol. The second-order valence-electron chi connectivity index (χ2n) is 2.53. The van der Waals surface area contributed by atoms with E-state index in [0.717, 1.165) is 5.56 Å². The summed E-state index contributed by atoms with van der Waals surface area (Å²) >= 11 is 0. The summed E-state index contributed by atoms with van der Waals surface area (Å²) in [5.74, 6) is 0. The molecule has 0 N–H and O–H groups in total. The first-order chi connectivity index (χ1) is 5.24. The zero-order chi connectivity index (χ0) is 8.27. The van der Waals surface area contributed by atoms with Crippen LogP contribution in [-0.4, -0.2) is 6.67 Å². The lowest BCUT2D eigenvalue weighted by Gasteiger charge is -2.02. The zero-order valence-corrected chi connectivity index (χ0v) is 6.35. The topological polar surface area (TPSA) is 0 Å². The van der Waals surface area contributed by atoms with Gasteiger partial charge in [0.15, 0.2) is 6.17 Å². The minimum atomic E-state index is -1.46. The van der Waals surface area contributed by atoms with Crippen molar-refractivity contribution in [3.8, 4) is 0 Å². The van der Waals surface area contributed by atoms with E-state index in [1.54, 1.807) is 24.3 Å². The first-order valence-electron chi connectivity index (χ1n) is 3.50. The lowest BCUT2D eigenvalue weighted by molar-refractivity contribution is 0.266. The minimum Gasteiger partial charge on any atom is -0.248 e. The molecule has 0 fully saturated rings. The number of halogens is 2. The molecule has 1 aromatic carbocycles. The van der Waals surface area contributed by atoms with E-state index in [1.165, 1.54) is 0 Å². The Labute approximate surface area is 64.9 Å². The lowest BCUT2D eigenvalue weighted by atomic mass is 10.1. The fourth-order valence-corrected chi connectivity index (χ4v) is 0.864. The second-order valence-corrected chi connectivity index (χ2v) is 2.53. The number of alkyl halides is 2. The average Bonchev–Trinajstić information content (AvgIpc) is 2.05. The van der Waals surface area contributed by atoms with E-state index in [0.29, 0.717) is 5.56 Å². The van der Waals surface area contributed by atoms with Gasteiger partial charge in [-0.05, 0) is 12.5 Å². The van der Waals surface area contributed by atoms with E-state index >= 15 is 0 Å². The molecule has 11 heavy (non-hydrogen) atoms. The van der Waals surface area contributed by atoms with Gasteiger partial charge in [-0.3, -0.25) is 0 Å². The molecule has 2 heteroatoms. The van der Waals surface area contributed by atoms with E-state index in [2.05, 4.69) is 0 Å². The Hall–Kier alpha value is -0.920. The van der Waals surface area contributed by atoms with Crippen molar-refractivity contribution in [3.05, 3.63) is 35.4 Å². The van der Waals surface area contributed by atoms with Crippen LogP contribution in [0.1, 0.15) is 17.3 Å². The summed E-state index contributed by atoms with van der Waals surface area (Å²) in [5.41, 5.74) is 1.47. The molecule has 0 saturated carbocycles. The molecule has 0 aliphatic rings. The summed E-state index contributed by atoms with van der Waals surface area (Å²) < 4.78 is 24.4. The second kappa shape index (κ2) is 3.46. The Kier molecular flexibility index (Phi) is 2.58. The fourth-order valence-electron chi connectivity index (χ4n) is 0.864. The van der Waals surface area contributed by atoms with Crippen molar-refractivity contribution in [2.45, 2.75) is 13.1 Å². The van der Waals surface area contributed by atoms with Gasteiger partial charge in [-0.15, -0.1) is 0 Å². The van der Waals surface area contributed by atoms with Crippen LogP contribution in [0.25, 0.3) is 0 Å². The Morgan fingerprint density at radius 3 is 2.27 bits per heavy atom. The van der Waals surface area contributed by atoms with Gasteiger partial charge in [0.1, 0.15) is 6.67 Å². The molecular formula is C9H10F2. The summed E-state index contributed by atoms with van der Waals surface area (Å²) in [6.45, 7) is 0.968. The molecule has 0 radical (unpaired) electrons. The van der Waals surface area contributed by atoms with Crippen molar-refractivity contribution in [3.63, 3.8) is 0 Å². The molecule has 0 nitrogen and oxygen atoms in total. The molecule has 0 heterocycles. The Morgan fingerprint density at radius 2 is 1.82 bits per heavy atom. The van der Waals surface area contributed by atoms with Crippen LogP contribution in [-0.2, 0) is 0 Å². The molecular weight excluding hydrogens is 146 g/mol. The molecule has 1 aromatic rings. The van der Waals surface area contributed by atoms with Crippen molar-refractivity contribution in [1.82, 2.24) is 0 Å². The normalized spacial score (nSPS) is 13.0. The minimum absolute atomic E-state index is 0.415. The van der Waals surface area contributed by atoms with Gasteiger partial charge in [-0.2, -0.15) is 0 Å². The summed E-state index contributed by atoms with van der Waals surface area (Å²) in [6, 6.07) is 6.77. The van der Waals surface area contributed by atoms with Crippen LogP contribution in [0.5, 0.6) is 0 Å². The van der Waals surface area contributed by atoms with E-state index in [9.17, 15) is 8.78 Å². The molecule has 0 aliphatic carbocycles. The van der Waals surface area contributed by atoms with Crippen LogP contribution in [0, 0.1) is 6.92 Å². The van der Waals surface area contributed by atoms with E-state index in [1.807, 2.05) is 6.92 Å². The van der Waals surface area contributed by atoms with E-state index in [-0.39, 0.29) is 0 Å². The monoisotopic (exact) mass is 156 g/mol. The molecule has 0 bridgehead atoms. The van der Waals surface area contributed by atoms with Gasteiger partial charge in [0.2, 0.25) is 0 Å². The molecule has 1 unspecified atom stereocenters. The number of aryl methyl sites for hydroxylation is 1. The fraction of sp³-hybridized carbons (Fsp3) is 0.333. The maximum atomic E-state index is 12.6. The molecule has 0 aromatic heterocycles. The zero-order valence-electron chi connectivity index (χ0n) is 6.35. The van der Waals surface area contributed by atoms with Crippen molar-refractivity contribution in [2.24, 2.45) is 0 Å². The van der Waals surface area contributed by atoms with Crippen molar-refractivity contribution >= 4 is 0 Å². The predicted molar refractivity (Wildman–Crippen MR) is 41.0 cm³/mol. The maximum absolute atomic E-state index is 12.6. The highest BCUT2D eigenvalue weighted by Crippen LogP contribution is 2.17. The standard InChI is InChI=1S/C9H10F2/c1-7-2-4-8(5-3-7)9(11)6-10/h2-5,9H,6H2,1H3. The van der Waals surface area contributed by atoms with Crippen molar-refractivity contribution in [2.75, 3.05) is 6.67 Å². The highest BCUT2D eigenvalue weighted by molar-refractivity contribution is 5.23. The maximum Gasteiger partial charge on any atom is 0.153 e. The van der Waals surface area contributed by atoms with Crippen LogP contribution in [0.15, 0.2) is 24.3 Å². The summed E-state index contributed by atoms with van der Waals surface area (Å²) in [4.78, 5) is 0. The van der Waals surface area contributed by atoms with Crippen LogP contribution in [0.4, 0.5) is 8.78 Å². The quantitative estimate of drug-likeness (QED) is 0.617.